The topological polar surface area (TPSA) is 52.6 Å². The molecule has 1 aromatic rings. The summed E-state index contributed by atoms with van der Waals surface area (Å²) >= 11 is 0. The molecule has 0 bridgehead atoms. The largest absolute Gasteiger partial charge is 0.480 e. The summed E-state index contributed by atoms with van der Waals surface area (Å²) in [5, 5.41) is 12.8. The smallest absolute Gasteiger partial charge is 0.323 e. The standard InChI is InChI=1S/C16H22N2O2/c1-16(15(19)20,17-14-6-7-14)8-9-18-10-12-4-2-3-5-13(12)11-18/h2-5,14,17H,6-11H2,1H3,(H,19,20). The highest BCUT2D eigenvalue weighted by Gasteiger charge is 2.38. The third-order valence-electron chi connectivity index (χ3n) is 4.41. The van der Waals surface area contributed by atoms with E-state index in [9.17, 15) is 9.90 Å². The van der Waals surface area contributed by atoms with Crippen LogP contribution in [0.4, 0.5) is 0 Å². The van der Waals surface area contributed by atoms with Gasteiger partial charge in [-0.25, -0.2) is 0 Å². The van der Waals surface area contributed by atoms with Crippen molar-refractivity contribution in [1.82, 2.24) is 10.2 Å². The van der Waals surface area contributed by atoms with Gasteiger partial charge in [0.15, 0.2) is 0 Å². The molecule has 0 amide bonds. The fourth-order valence-corrected chi connectivity index (χ4v) is 2.86. The van der Waals surface area contributed by atoms with Crippen molar-refractivity contribution in [2.45, 2.75) is 50.9 Å². The zero-order valence-corrected chi connectivity index (χ0v) is 11.9. The molecule has 1 atom stereocenters. The summed E-state index contributed by atoms with van der Waals surface area (Å²) in [5.41, 5.74) is 1.95. The fraction of sp³-hybridized carbons (Fsp3) is 0.562. The SMILES string of the molecule is CC(CCN1Cc2ccccc2C1)(NC1CC1)C(=O)O. The normalized spacial score (nSPS) is 21.4. The van der Waals surface area contributed by atoms with Gasteiger partial charge in [-0.2, -0.15) is 0 Å². The van der Waals surface area contributed by atoms with Crippen LogP contribution < -0.4 is 5.32 Å². The molecular formula is C16H22N2O2. The highest BCUT2D eigenvalue weighted by atomic mass is 16.4. The van der Waals surface area contributed by atoms with E-state index < -0.39 is 11.5 Å². The number of rotatable bonds is 6. The molecule has 4 nitrogen and oxygen atoms in total. The second-order valence-corrected chi connectivity index (χ2v) is 6.29. The molecule has 108 valence electrons. The first-order valence-electron chi connectivity index (χ1n) is 7.37. The molecule has 0 saturated heterocycles. The molecule has 0 aromatic heterocycles. The van der Waals surface area contributed by atoms with Crippen LogP contribution in [-0.4, -0.2) is 34.1 Å². The predicted molar refractivity (Wildman–Crippen MR) is 77.4 cm³/mol. The zero-order chi connectivity index (χ0) is 14.2. The molecule has 1 aromatic carbocycles. The van der Waals surface area contributed by atoms with E-state index in [0.717, 1.165) is 32.5 Å². The van der Waals surface area contributed by atoms with Gasteiger partial charge in [-0.3, -0.25) is 15.0 Å². The van der Waals surface area contributed by atoms with Crippen LogP contribution in [0.3, 0.4) is 0 Å². The van der Waals surface area contributed by atoms with Crippen molar-refractivity contribution in [3.05, 3.63) is 35.4 Å². The van der Waals surface area contributed by atoms with E-state index in [0.29, 0.717) is 12.5 Å². The second-order valence-electron chi connectivity index (χ2n) is 6.29. The summed E-state index contributed by atoms with van der Waals surface area (Å²) in [5.74, 6) is -0.735. The van der Waals surface area contributed by atoms with E-state index in [4.69, 9.17) is 0 Å². The summed E-state index contributed by atoms with van der Waals surface area (Å²) in [6, 6.07) is 8.87. The van der Waals surface area contributed by atoms with Gasteiger partial charge in [-0.1, -0.05) is 24.3 Å². The Kier molecular flexibility index (Phi) is 3.52. The van der Waals surface area contributed by atoms with Crippen LogP contribution in [0.15, 0.2) is 24.3 Å². The van der Waals surface area contributed by atoms with Gasteiger partial charge in [0, 0.05) is 25.7 Å². The Labute approximate surface area is 119 Å². The first-order chi connectivity index (χ1) is 9.57. The number of carboxylic acids is 1. The van der Waals surface area contributed by atoms with Gasteiger partial charge < -0.3 is 5.11 Å². The molecule has 1 saturated carbocycles. The van der Waals surface area contributed by atoms with Crippen LogP contribution in [0.2, 0.25) is 0 Å². The Morgan fingerprint density at radius 1 is 1.35 bits per heavy atom. The second kappa shape index (κ2) is 5.19. The van der Waals surface area contributed by atoms with Gasteiger partial charge in [0.05, 0.1) is 0 Å². The average Bonchev–Trinajstić information content (AvgIpc) is 3.12. The number of carbonyl (C=O) groups is 1. The van der Waals surface area contributed by atoms with Crippen LogP contribution in [0.25, 0.3) is 0 Å². The molecule has 0 radical (unpaired) electrons. The maximum absolute atomic E-state index is 11.5. The Morgan fingerprint density at radius 2 is 1.95 bits per heavy atom. The maximum atomic E-state index is 11.5. The van der Waals surface area contributed by atoms with Crippen molar-refractivity contribution >= 4 is 5.97 Å². The summed E-state index contributed by atoms with van der Waals surface area (Å²) in [6.45, 7) is 4.51. The third kappa shape index (κ3) is 2.86. The zero-order valence-electron chi connectivity index (χ0n) is 11.9. The van der Waals surface area contributed by atoms with Gasteiger partial charge >= 0.3 is 5.97 Å². The lowest BCUT2D eigenvalue weighted by Crippen LogP contribution is -2.52. The molecule has 3 rings (SSSR count). The summed E-state index contributed by atoms with van der Waals surface area (Å²) in [4.78, 5) is 13.9. The highest BCUT2D eigenvalue weighted by Crippen LogP contribution is 2.26. The van der Waals surface area contributed by atoms with Gasteiger partial charge in [-0.15, -0.1) is 0 Å². The van der Waals surface area contributed by atoms with Gasteiger partial charge in [0.1, 0.15) is 5.54 Å². The number of carboxylic acid groups (broad SMARTS) is 1. The molecule has 1 heterocycles. The first-order valence-corrected chi connectivity index (χ1v) is 7.37. The molecule has 1 fully saturated rings. The lowest BCUT2D eigenvalue weighted by molar-refractivity contribution is -0.144. The van der Waals surface area contributed by atoms with E-state index in [1.54, 1.807) is 0 Å². The van der Waals surface area contributed by atoms with E-state index in [-0.39, 0.29) is 0 Å². The number of aliphatic carboxylic acids is 1. The van der Waals surface area contributed by atoms with Crippen LogP contribution >= 0.6 is 0 Å². The molecule has 0 spiro atoms. The van der Waals surface area contributed by atoms with Crippen molar-refractivity contribution in [2.24, 2.45) is 0 Å². The van der Waals surface area contributed by atoms with Crippen LogP contribution in [0.5, 0.6) is 0 Å². The number of nitrogens with zero attached hydrogens (tertiary/aromatic N) is 1. The minimum atomic E-state index is -0.796. The Balaban J connectivity index is 1.57. The minimum absolute atomic E-state index is 0.409. The van der Waals surface area contributed by atoms with Crippen LogP contribution in [-0.2, 0) is 17.9 Å². The number of hydrogen-bond donors (Lipinski definition) is 2. The van der Waals surface area contributed by atoms with E-state index >= 15 is 0 Å². The van der Waals surface area contributed by atoms with Crippen LogP contribution in [0, 0.1) is 0 Å². The number of benzene rings is 1. The number of hydrogen-bond acceptors (Lipinski definition) is 3. The van der Waals surface area contributed by atoms with Crippen molar-refractivity contribution in [2.75, 3.05) is 6.54 Å². The molecular weight excluding hydrogens is 252 g/mol. The third-order valence-corrected chi connectivity index (χ3v) is 4.41. The molecule has 20 heavy (non-hydrogen) atoms. The van der Waals surface area contributed by atoms with E-state index in [1.165, 1.54) is 11.1 Å². The molecule has 1 unspecified atom stereocenters. The number of fused-ring (bicyclic) bond motifs is 1. The lowest BCUT2D eigenvalue weighted by Gasteiger charge is -2.28. The van der Waals surface area contributed by atoms with Crippen molar-refractivity contribution < 1.29 is 9.90 Å². The summed E-state index contributed by atoms with van der Waals surface area (Å²) < 4.78 is 0. The van der Waals surface area contributed by atoms with Gasteiger partial charge in [0.25, 0.3) is 0 Å². The highest BCUT2D eigenvalue weighted by molar-refractivity contribution is 5.78. The molecule has 2 N–H and O–H groups in total. The lowest BCUT2D eigenvalue weighted by atomic mass is 9.97. The molecule has 1 aliphatic carbocycles. The first kappa shape index (κ1) is 13.6. The molecule has 2 aliphatic rings. The molecule has 1 aliphatic heterocycles. The average molecular weight is 274 g/mol. The quantitative estimate of drug-likeness (QED) is 0.833. The van der Waals surface area contributed by atoms with Crippen LogP contribution in [0.1, 0.15) is 37.3 Å². The number of nitrogens with one attached hydrogen (secondary N) is 1. The Morgan fingerprint density at radius 3 is 2.45 bits per heavy atom. The Bertz CT molecular complexity index is 488. The summed E-state index contributed by atoms with van der Waals surface area (Å²) in [6.07, 6.45) is 2.86. The van der Waals surface area contributed by atoms with Crippen molar-refractivity contribution in [1.29, 1.82) is 0 Å². The van der Waals surface area contributed by atoms with Crippen molar-refractivity contribution in [3.8, 4) is 0 Å². The maximum Gasteiger partial charge on any atom is 0.323 e. The predicted octanol–water partition coefficient (Wildman–Crippen LogP) is 1.99. The monoisotopic (exact) mass is 274 g/mol. The Hall–Kier alpha value is -1.39. The fourth-order valence-electron chi connectivity index (χ4n) is 2.86. The molecule has 4 heteroatoms. The van der Waals surface area contributed by atoms with Gasteiger partial charge in [-0.05, 0) is 37.3 Å². The van der Waals surface area contributed by atoms with E-state index in [1.807, 2.05) is 6.92 Å². The van der Waals surface area contributed by atoms with E-state index in [2.05, 4.69) is 34.5 Å². The van der Waals surface area contributed by atoms with Gasteiger partial charge in [0.2, 0.25) is 0 Å². The minimum Gasteiger partial charge on any atom is -0.480 e. The summed E-state index contributed by atoms with van der Waals surface area (Å²) in [7, 11) is 0. The van der Waals surface area contributed by atoms with Crippen molar-refractivity contribution in [3.63, 3.8) is 0 Å².